The Balaban J connectivity index is 2.22. The van der Waals surface area contributed by atoms with E-state index in [2.05, 4.69) is 9.97 Å². The molecule has 1 unspecified atom stereocenters. The average molecular weight is 325 g/mol. The lowest BCUT2D eigenvalue weighted by molar-refractivity contribution is -0.140. The standard InChI is InChI=1S/C18H16FN3O2/c1-2-15(18(23)24)22-11-21-16(12-3-5-14(19)6-4-12)17(22)13-7-9-20-10-8-13/h3-11,15H,2H2,1H3,(H,23,24). The number of imidazole rings is 1. The molecule has 0 fully saturated rings. The van der Waals surface area contributed by atoms with Gasteiger partial charge in [-0.15, -0.1) is 0 Å². The van der Waals surface area contributed by atoms with E-state index in [1.165, 1.54) is 18.5 Å². The van der Waals surface area contributed by atoms with Crippen molar-refractivity contribution in [1.29, 1.82) is 0 Å². The van der Waals surface area contributed by atoms with E-state index in [9.17, 15) is 14.3 Å². The van der Waals surface area contributed by atoms with Gasteiger partial charge in [0.05, 0.1) is 17.7 Å². The maximum atomic E-state index is 13.2. The first-order valence-electron chi connectivity index (χ1n) is 7.57. The van der Waals surface area contributed by atoms with Crippen molar-refractivity contribution in [3.8, 4) is 22.5 Å². The third kappa shape index (κ3) is 2.90. The molecule has 1 aromatic carbocycles. The molecule has 0 spiro atoms. The van der Waals surface area contributed by atoms with Gasteiger partial charge in [0, 0.05) is 23.5 Å². The summed E-state index contributed by atoms with van der Waals surface area (Å²) in [5.74, 6) is -1.25. The first-order chi connectivity index (χ1) is 11.6. The van der Waals surface area contributed by atoms with Gasteiger partial charge in [-0.3, -0.25) is 4.98 Å². The number of aromatic nitrogens is 3. The topological polar surface area (TPSA) is 68.0 Å². The Labute approximate surface area is 138 Å². The van der Waals surface area contributed by atoms with Crippen LogP contribution < -0.4 is 0 Å². The summed E-state index contributed by atoms with van der Waals surface area (Å²) in [5, 5.41) is 9.50. The van der Waals surface area contributed by atoms with Crippen molar-refractivity contribution in [2.45, 2.75) is 19.4 Å². The number of hydrogen-bond acceptors (Lipinski definition) is 3. The average Bonchev–Trinajstić information content (AvgIpc) is 3.01. The Bertz CT molecular complexity index is 844. The Morgan fingerprint density at radius 2 is 1.83 bits per heavy atom. The predicted molar refractivity (Wildman–Crippen MR) is 87.8 cm³/mol. The summed E-state index contributed by atoms with van der Waals surface area (Å²) in [4.78, 5) is 20.0. The molecule has 2 heterocycles. The summed E-state index contributed by atoms with van der Waals surface area (Å²) in [5.41, 5.74) is 2.82. The van der Waals surface area contributed by atoms with Crippen LogP contribution in [0.4, 0.5) is 4.39 Å². The predicted octanol–water partition coefficient (Wildman–Crippen LogP) is 3.79. The molecule has 0 aliphatic carbocycles. The van der Waals surface area contributed by atoms with Crippen molar-refractivity contribution in [3.63, 3.8) is 0 Å². The minimum atomic E-state index is -0.920. The number of benzene rings is 1. The Hall–Kier alpha value is -3.02. The lowest BCUT2D eigenvalue weighted by Crippen LogP contribution is -2.18. The van der Waals surface area contributed by atoms with E-state index in [4.69, 9.17) is 0 Å². The number of carboxylic acid groups (broad SMARTS) is 1. The van der Waals surface area contributed by atoms with Crippen LogP contribution in [0.2, 0.25) is 0 Å². The van der Waals surface area contributed by atoms with Crippen molar-refractivity contribution in [2.75, 3.05) is 0 Å². The van der Waals surface area contributed by atoms with Crippen molar-refractivity contribution >= 4 is 5.97 Å². The molecule has 0 aliphatic rings. The molecule has 0 saturated carbocycles. The van der Waals surface area contributed by atoms with Gasteiger partial charge in [0.1, 0.15) is 11.9 Å². The van der Waals surface area contributed by atoms with Crippen LogP contribution in [0.15, 0.2) is 55.1 Å². The highest BCUT2D eigenvalue weighted by Crippen LogP contribution is 2.33. The Morgan fingerprint density at radius 1 is 1.17 bits per heavy atom. The molecule has 122 valence electrons. The van der Waals surface area contributed by atoms with Crippen LogP contribution in [0.5, 0.6) is 0 Å². The van der Waals surface area contributed by atoms with E-state index in [0.29, 0.717) is 17.8 Å². The Kier molecular flexibility index (Phi) is 4.37. The first-order valence-corrected chi connectivity index (χ1v) is 7.57. The summed E-state index contributed by atoms with van der Waals surface area (Å²) in [6.07, 6.45) is 5.23. The maximum absolute atomic E-state index is 13.2. The van der Waals surface area contributed by atoms with Crippen LogP contribution >= 0.6 is 0 Å². The van der Waals surface area contributed by atoms with Crippen molar-refractivity contribution < 1.29 is 14.3 Å². The summed E-state index contributed by atoms with van der Waals surface area (Å²) in [6.45, 7) is 1.81. The highest BCUT2D eigenvalue weighted by Gasteiger charge is 2.24. The van der Waals surface area contributed by atoms with Crippen molar-refractivity contribution in [3.05, 3.63) is 60.9 Å². The van der Waals surface area contributed by atoms with Gasteiger partial charge in [-0.1, -0.05) is 6.92 Å². The molecule has 0 bridgehead atoms. The molecule has 5 nitrogen and oxygen atoms in total. The zero-order valence-corrected chi connectivity index (χ0v) is 13.1. The molecule has 0 radical (unpaired) electrons. The minimum absolute atomic E-state index is 0.333. The fourth-order valence-electron chi connectivity index (χ4n) is 2.70. The molecular weight excluding hydrogens is 309 g/mol. The smallest absolute Gasteiger partial charge is 0.326 e. The van der Waals surface area contributed by atoms with Crippen LogP contribution in [0.1, 0.15) is 19.4 Å². The molecule has 24 heavy (non-hydrogen) atoms. The Morgan fingerprint density at radius 3 is 2.42 bits per heavy atom. The highest BCUT2D eigenvalue weighted by atomic mass is 19.1. The number of carboxylic acids is 1. The first kappa shape index (κ1) is 15.9. The molecule has 0 amide bonds. The van der Waals surface area contributed by atoms with Gasteiger partial charge in [0.15, 0.2) is 0 Å². The molecule has 1 N–H and O–H groups in total. The molecule has 3 rings (SSSR count). The number of rotatable bonds is 5. The van der Waals surface area contributed by atoms with Gasteiger partial charge in [0.2, 0.25) is 0 Å². The molecule has 0 aliphatic heterocycles. The lowest BCUT2D eigenvalue weighted by Gasteiger charge is -2.16. The molecule has 6 heteroatoms. The van der Waals surface area contributed by atoms with Crippen LogP contribution in [0.25, 0.3) is 22.5 Å². The quantitative estimate of drug-likeness (QED) is 0.775. The highest BCUT2D eigenvalue weighted by molar-refractivity contribution is 5.81. The van der Waals surface area contributed by atoms with Gasteiger partial charge in [-0.2, -0.15) is 0 Å². The number of pyridine rings is 1. The normalized spacial score (nSPS) is 12.1. The summed E-state index contributed by atoms with van der Waals surface area (Å²) < 4.78 is 14.9. The van der Waals surface area contributed by atoms with Crippen molar-refractivity contribution in [2.24, 2.45) is 0 Å². The SMILES string of the molecule is CCC(C(=O)O)n1cnc(-c2ccc(F)cc2)c1-c1ccncc1. The fourth-order valence-corrected chi connectivity index (χ4v) is 2.70. The summed E-state index contributed by atoms with van der Waals surface area (Å²) in [7, 11) is 0. The molecule has 1 atom stereocenters. The largest absolute Gasteiger partial charge is 0.480 e. The van der Waals surface area contributed by atoms with E-state index in [1.54, 1.807) is 41.2 Å². The molecule has 0 saturated heterocycles. The summed E-state index contributed by atoms with van der Waals surface area (Å²) >= 11 is 0. The zero-order chi connectivity index (χ0) is 17.1. The third-order valence-electron chi connectivity index (χ3n) is 3.87. The maximum Gasteiger partial charge on any atom is 0.326 e. The number of carbonyl (C=O) groups is 1. The monoisotopic (exact) mass is 325 g/mol. The fraction of sp³-hybridized carbons (Fsp3) is 0.167. The van der Waals surface area contributed by atoms with Crippen LogP contribution in [0, 0.1) is 5.82 Å². The van der Waals surface area contributed by atoms with Gasteiger partial charge in [-0.25, -0.2) is 14.2 Å². The van der Waals surface area contributed by atoms with Gasteiger partial charge in [-0.05, 0) is 42.8 Å². The second-order valence-corrected chi connectivity index (χ2v) is 5.35. The van der Waals surface area contributed by atoms with Crippen LogP contribution in [-0.2, 0) is 4.79 Å². The molecule has 2 aromatic heterocycles. The van der Waals surface area contributed by atoms with E-state index in [1.807, 2.05) is 6.92 Å². The number of aliphatic carboxylic acids is 1. The lowest BCUT2D eigenvalue weighted by atomic mass is 10.0. The molecule has 3 aromatic rings. The third-order valence-corrected chi connectivity index (χ3v) is 3.87. The van der Waals surface area contributed by atoms with E-state index in [-0.39, 0.29) is 5.82 Å². The minimum Gasteiger partial charge on any atom is -0.480 e. The van der Waals surface area contributed by atoms with E-state index < -0.39 is 12.0 Å². The van der Waals surface area contributed by atoms with Crippen LogP contribution in [0.3, 0.4) is 0 Å². The van der Waals surface area contributed by atoms with Crippen LogP contribution in [-0.4, -0.2) is 25.6 Å². The second-order valence-electron chi connectivity index (χ2n) is 5.35. The van der Waals surface area contributed by atoms with Gasteiger partial charge < -0.3 is 9.67 Å². The number of hydrogen-bond donors (Lipinski definition) is 1. The molecular formula is C18H16FN3O2. The zero-order valence-electron chi connectivity index (χ0n) is 13.1. The number of halogens is 1. The van der Waals surface area contributed by atoms with E-state index in [0.717, 1.165) is 11.1 Å². The van der Waals surface area contributed by atoms with Gasteiger partial charge >= 0.3 is 5.97 Å². The van der Waals surface area contributed by atoms with Crippen molar-refractivity contribution in [1.82, 2.24) is 14.5 Å². The van der Waals surface area contributed by atoms with Gasteiger partial charge in [0.25, 0.3) is 0 Å². The summed E-state index contributed by atoms with van der Waals surface area (Å²) in [6, 6.07) is 8.86. The second kappa shape index (κ2) is 6.62. The number of nitrogens with zero attached hydrogens (tertiary/aromatic N) is 3. The van der Waals surface area contributed by atoms with E-state index >= 15 is 0 Å².